The van der Waals surface area contributed by atoms with E-state index in [2.05, 4.69) is 12.2 Å². The monoisotopic (exact) mass is 265 g/mol. The van der Waals surface area contributed by atoms with Crippen molar-refractivity contribution in [3.8, 4) is 0 Å². The minimum Gasteiger partial charge on any atom is -0.388 e. The van der Waals surface area contributed by atoms with Gasteiger partial charge in [-0.15, -0.1) is 0 Å². The van der Waals surface area contributed by atoms with Crippen molar-refractivity contribution in [2.75, 3.05) is 18.1 Å². The van der Waals surface area contributed by atoms with Gasteiger partial charge in [0.15, 0.2) is 0 Å². The minimum absolute atomic E-state index is 0.476. The molecule has 0 aromatic heterocycles. The fraction of sp³-hybridized carbons (Fsp3) is 1.00. The summed E-state index contributed by atoms with van der Waals surface area (Å²) in [5.74, 6) is 2.16. The Kier molecular flexibility index (Phi) is 6.76. The number of thioether (sulfide) groups is 1. The molecular formula is C11H23NO4S. The van der Waals surface area contributed by atoms with Crippen molar-refractivity contribution in [2.24, 2.45) is 0 Å². The van der Waals surface area contributed by atoms with Gasteiger partial charge in [-0.05, 0) is 31.4 Å². The molecule has 0 bridgehead atoms. The molecule has 17 heavy (non-hydrogen) atoms. The average Bonchev–Trinajstić information content (AvgIpc) is 2.32. The lowest BCUT2D eigenvalue weighted by atomic mass is 9.99. The first kappa shape index (κ1) is 15.2. The Balaban J connectivity index is 2.28. The van der Waals surface area contributed by atoms with E-state index in [1.54, 1.807) is 6.92 Å². The van der Waals surface area contributed by atoms with Crippen molar-refractivity contribution in [1.82, 2.24) is 5.32 Å². The van der Waals surface area contributed by atoms with Crippen LogP contribution in [-0.2, 0) is 4.74 Å². The molecule has 6 heteroatoms. The Morgan fingerprint density at radius 3 is 2.53 bits per heavy atom. The Morgan fingerprint density at radius 2 is 1.88 bits per heavy atom. The second-order valence-corrected chi connectivity index (χ2v) is 5.63. The van der Waals surface area contributed by atoms with Crippen LogP contribution in [0.15, 0.2) is 0 Å². The van der Waals surface area contributed by atoms with Gasteiger partial charge in [0, 0.05) is 0 Å². The number of aliphatic hydroxyl groups is 3. The zero-order valence-corrected chi connectivity index (χ0v) is 11.2. The molecule has 0 aromatic carbocycles. The number of aliphatic hydroxyl groups excluding tert-OH is 3. The summed E-state index contributed by atoms with van der Waals surface area (Å²) in [7, 11) is 0. The van der Waals surface area contributed by atoms with Crippen LogP contribution in [0.3, 0.4) is 0 Å². The first-order valence-electron chi connectivity index (χ1n) is 6.08. The zero-order chi connectivity index (χ0) is 12.8. The highest BCUT2D eigenvalue weighted by Gasteiger charge is 2.41. The minimum atomic E-state index is -1.15. The van der Waals surface area contributed by atoms with Crippen LogP contribution in [-0.4, -0.2) is 64.0 Å². The van der Waals surface area contributed by atoms with Gasteiger partial charge in [0.25, 0.3) is 0 Å². The molecule has 1 aliphatic rings. The van der Waals surface area contributed by atoms with E-state index < -0.39 is 30.6 Å². The topological polar surface area (TPSA) is 82.0 Å². The molecule has 0 radical (unpaired) electrons. The summed E-state index contributed by atoms with van der Waals surface area (Å²) in [6, 6.07) is 0. The van der Waals surface area contributed by atoms with Gasteiger partial charge in [-0.3, -0.25) is 5.32 Å². The SMILES string of the molecule is CCSCCCNC1OC(C)C(O)C(O)C1O. The smallest absolute Gasteiger partial charge is 0.137 e. The lowest BCUT2D eigenvalue weighted by Crippen LogP contribution is -2.61. The highest BCUT2D eigenvalue weighted by atomic mass is 32.2. The second-order valence-electron chi connectivity index (χ2n) is 4.24. The predicted molar refractivity (Wildman–Crippen MR) is 68.0 cm³/mol. The van der Waals surface area contributed by atoms with Gasteiger partial charge in [-0.2, -0.15) is 11.8 Å². The second kappa shape index (κ2) is 7.56. The Bertz CT molecular complexity index is 220. The standard InChI is InChI=1S/C11H23NO4S/c1-3-17-6-4-5-12-11-10(15)9(14)8(13)7(2)16-11/h7-15H,3-6H2,1-2H3. The zero-order valence-electron chi connectivity index (χ0n) is 10.4. The molecule has 0 amide bonds. The highest BCUT2D eigenvalue weighted by molar-refractivity contribution is 7.99. The van der Waals surface area contributed by atoms with Gasteiger partial charge in [0.1, 0.15) is 24.5 Å². The van der Waals surface area contributed by atoms with Gasteiger partial charge < -0.3 is 20.1 Å². The third-order valence-corrected chi connectivity index (χ3v) is 3.85. The van der Waals surface area contributed by atoms with Crippen LogP contribution < -0.4 is 5.32 Å². The summed E-state index contributed by atoms with van der Waals surface area (Å²) < 4.78 is 5.41. The Labute approximate surface area is 107 Å². The molecule has 5 unspecified atom stereocenters. The molecular weight excluding hydrogens is 242 g/mol. The fourth-order valence-corrected chi connectivity index (χ4v) is 2.42. The van der Waals surface area contributed by atoms with Crippen LogP contribution in [0.2, 0.25) is 0 Å². The van der Waals surface area contributed by atoms with Gasteiger partial charge in [-0.1, -0.05) is 6.92 Å². The highest BCUT2D eigenvalue weighted by Crippen LogP contribution is 2.19. The van der Waals surface area contributed by atoms with Crippen LogP contribution in [0, 0.1) is 0 Å². The van der Waals surface area contributed by atoms with Crippen molar-refractivity contribution >= 4 is 11.8 Å². The molecule has 0 saturated carbocycles. The van der Waals surface area contributed by atoms with Crippen molar-refractivity contribution in [3.63, 3.8) is 0 Å². The molecule has 0 aromatic rings. The van der Waals surface area contributed by atoms with Crippen LogP contribution in [0.5, 0.6) is 0 Å². The first-order valence-corrected chi connectivity index (χ1v) is 7.24. The Morgan fingerprint density at radius 1 is 1.18 bits per heavy atom. The van der Waals surface area contributed by atoms with E-state index in [0.29, 0.717) is 0 Å². The van der Waals surface area contributed by atoms with Gasteiger partial charge in [-0.25, -0.2) is 0 Å². The van der Waals surface area contributed by atoms with Crippen LogP contribution in [0.1, 0.15) is 20.3 Å². The molecule has 5 nitrogen and oxygen atoms in total. The number of hydrogen-bond donors (Lipinski definition) is 4. The molecule has 5 atom stereocenters. The number of hydrogen-bond acceptors (Lipinski definition) is 6. The maximum Gasteiger partial charge on any atom is 0.137 e. The normalized spacial score (nSPS) is 38.3. The van der Waals surface area contributed by atoms with E-state index >= 15 is 0 Å². The summed E-state index contributed by atoms with van der Waals surface area (Å²) in [6.45, 7) is 4.52. The van der Waals surface area contributed by atoms with Crippen molar-refractivity contribution in [3.05, 3.63) is 0 Å². The van der Waals surface area contributed by atoms with Gasteiger partial charge in [0.2, 0.25) is 0 Å². The van der Waals surface area contributed by atoms with Crippen molar-refractivity contribution in [1.29, 1.82) is 0 Å². The Hall–Kier alpha value is 0.150. The van der Waals surface area contributed by atoms with Crippen LogP contribution >= 0.6 is 11.8 Å². The maximum absolute atomic E-state index is 9.73. The lowest BCUT2D eigenvalue weighted by Gasteiger charge is -2.39. The summed E-state index contributed by atoms with van der Waals surface area (Å²) >= 11 is 1.86. The van der Waals surface area contributed by atoms with E-state index in [9.17, 15) is 15.3 Å². The van der Waals surface area contributed by atoms with Gasteiger partial charge >= 0.3 is 0 Å². The van der Waals surface area contributed by atoms with Gasteiger partial charge in [0.05, 0.1) is 6.10 Å². The largest absolute Gasteiger partial charge is 0.388 e. The van der Waals surface area contributed by atoms with E-state index in [1.165, 1.54) is 0 Å². The molecule has 102 valence electrons. The maximum atomic E-state index is 9.73. The molecule has 0 aliphatic carbocycles. The molecule has 1 fully saturated rings. The van der Waals surface area contributed by atoms with Crippen LogP contribution in [0.4, 0.5) is 0 Å². The lowest BCUT2D eigenvalue weighted by molar-refractivity contribution is -0.224. The third kappa shape index (κ3) is 4.39. The number of ether oxygens (including phenoxy) is 1. The van der Waals surface area contributed by atoms with Crippen molar-refractivity contribution < 1.29 is 20.1 Å². The first-order chi connectivity index (χ1) is 8.07. The predicted octanol–water partition coefficient (Wildman–Crippen LogP) is -0.453. The van der Waals surface area contributed by atoms with Crippen LogP contribution in [0.25, 0.3) is 0 Å². The molecule has 4 N–H and O–H groups in total. The summed E-state index contributed by atoms with van der Waals surface area (Å²) in [6.07, 6.45) is -3.36. The molecule has 1 heterocycles. The van der Waals surface area contributed by atoms with E-state index in [0.717, 1.165) is 24.5 Å². The average molecular weight is 265 g/mol. The van der Waals surface area contributed by atoms with E-state index in [4.69, 9.17) is 4.74 Å². The van der Waals surface area contributed by atoms with Crippen molar-refractivity contribution in [2.45, 2.75) is 50.9 Å². The number of nitrogens with one attached hydrogen (secondary N) is 1. The van der Waals surface area contributed by atoms with E-state index in [-0.39, 0.29) is 0 Å². The number of rotatable bonds is 6. The van der Waals surface area contributed by atoms with E-state index in [1.807, 2.05) is 11.8 Å². The molecule has 0 spiro atoms. The molecule has 1 saturated heterocycles. The summed E-state index contributed by atoms with van der Waals surface area (Å²) in [5, 5.41) is 31.9. The molecule has 1 aliphatic heterocycles. The molecule has 1 rings (SSSR count). The third-order valence-electron chi connectivity index (χ3n) is 2.87. The summed E-state index contributed by atoms with van der Waals surface area (Å²) in [5.41, 5.74) is 0. The quantitative estimate of drug-likeness (QED) is 0.487. The summed E-state index contributed by atoms with van der Waals surface area (Å²) in [4.78, 5) is 0. The fourth-order valence-electron chi connectivity index (χ4n) is 1.78.